The molecule has 8 heteroatoms. The number of rotatable bonds is 4. The van der Waals surface area contributed by atoms with E-state index in [2.05, 4.69) is 15.8 Å². The van der Waals surface area contributed by atoms with Gasteiger partial charge in [0.25, 0.3) is 17.7 Å². The number of aromatic nitrogens is 2. The number of carbonyl (C=O) groups excluding carboxylic acids is 3. The van der Waals surface area contributed by atoms with E-state index < -0.39 is 23.9 Å². The maximum absolute atomic E-state index is 13.6. The summed E-state index contributed by atoms with van der Waals surface area (Å²) in [5, 5.41) is 1.91. The van der Waals surface area contributed by atoms with Crippen LogP contribution in [0.15, 0.2) is 85.1 Å². The number of hydrogen-bond acceptors (Lipinski definition) is 3. The minimum atomic E-state index is -0.855. The summed E-state index contributed by atoms with van der Waals surface area (Å²) in [6.07, 6.45) is 2.01. The Labute approximate surface area is 212 Å². The highest BCUT2D eigenvalue weighted by Crippen LogP contribution is 2.42. The molecule has 3 heterocycles. The molecule has 1 aliphatic heterocycles. The lowest BCUT2D eigenvalue weighted by atomic mass is 9.97. The van der Waals surface area contributed by atoms with Crippen molar-refractivity contribution in [3.8, 4) is 0 Å². The van der Waals surface area contributed by atoms with Crippen LogP contribution < -0.4 is 10.9 Å². The summed E-state index contributed by atoms with van der Waals surface area (Å²) < 4.78 is 2.03. The number of benzene rings is 3. The summed E-state index contributed by atoms with van der Waals surface area (Å²) in [4.78, 5) is 44.2. The van der Waals surface area contributed by atoms with Crippen molar-refractivity contribution in [2.75, 3.05) is 0 Å². The maximum Gasteiger partial charge on any atom is 0.286 e. The quantitative estimate of drug-likeness (QED) is 0.331. The van der Waals surface area contributed by atoms with E-state index in [-0.39, 0.29) is 5.91 Å². The molecule has 0 bridgehead atoms. The summed E-state index contributed by atoms with van der Waals surface area (Å²) in [6, 6.07) is 23.4. The average molecular weight is 492 g/mol. The predicted octanol–water partition coefficient (Wildman–Crippen LogP) is 4.05. The van der Waals surface area contributed by atoms with Gasteiger partial charge in [0.05, 0.1) is 6.04 Å². The van der Waals surface area contributed by atoms with Crippen molar-refractivity contribution < 1.29 is 14.4 Å². The Hall–Kier alpha value is -4.85. The zero-order valence-corrected chi connectivity index (χ0v) is 20.4. The van der Waals surface area contributed by atoms with Crippen LogP contribution in [0, 0.1) is 0 Å². The van der Waals surface area contributed by atoms with Crippen LogP contribution in [0.5, 0.6) is 0 Å². The molecule has 2 aromatic heterocycles. The van der Waals surface area contributed by atoms with Crippen molar-refractivity contribution in [2.24, 2.45) is 7.05 Å². The highest BCUT2D eigenvalue weighted by atomic mass is 16.2. The molecule has 0 aliphatic carbocycles. The molecule has 0 fully saturated rings. The molecule has 3 amide bonds. The van der Waals surface area contributed by atoms with Crippen molar-refractivity contribution in [1.82, 2.24) is 25.3 Å². The Bertz CT molecular complexity index is 1670. The SMILES string of the molecule is CC(C(=O)NNC(=O)c1cc2ccccc2[nH]1)N1C(=O)c2ccccc2C1c1cn(C)c2ccccc12. The molecule has 184 valence electrons. The number of nitrogens with zero attached hydrogens (tertiary/aromatic N) is 2. The first-order valence-electron chi connectivity index (χ1n) is 12.1. The molecule has 0 radical (unpaired) electrons. The van der Waals surface area contributed by atoms with E-state index in [1.54, 1.807) is 24.0 Å². The van der Waals surface area contributed by atoms with Gasteiger partial charge in [0.2, 0.25) is 0 Å². The topological polar surface area (TPSA) is 99.2 Å². The van der Waals surface area contributed by atoms with Gasteiger partial charge >= 0.3 is 0 Å². The Kier molecular flexibility index (Phi) is 5.30. The van der Waals surface area contributed by atoms with E-state index in [0.717, 1.165) is 32.9 Å². The number of aromatic amines is 1. The largest absolute Gasteiger partial charge is 0.350 e. The van der Waals surface area contributed by atoms with Gasteiger partial charge in [-0.15, -0.1) is 0 Å². The first kappa shape index (κ1) is 22.6. The lowest BCUT2D eigenvalue weighted by Gasteiger charge is -2.30. The molecule has 6 rings (SSSR count). The van der Waals surface area contributed by atoms with Crippen LogP contribution in [-0.2, 0) is 11.8 Å². The normalized spacial score (nSPS) is 15.7. The van der Waals surface area contributed by atoms with E-state index in [9.17, 15) is 14.4 Å². The number of amides is 3. The van der Waals surface area contributed by atoms with Gasteiger partial charge in [0, 0.05) is 46.2 Å². The first-order chi connectivity index (χ1) is 17.9. The minimum Gasteiger partial charge on any atom is -0.350 e. The number of hydrazine groups is 1. The molecule has 1 aliphatic rings. The number of H-pyrrole nitrogens is 1. The molecular formula is C29H25N5O3. The van der Waals surface area contributed by atoms with Crippen molar-refractivity contribution in [3.63, 3.8) is 0 Å². The van der Waals surface area contributed by atoms with Gasteiger partial charge in [-0.3, -0.25) is 25.2 Å². The maximum atomic E-state index is 13.6. The van der Waals surface area contributed by atoms with Crippen LogP contribution in [0.4, 0.5) is 0 Å². The smallest absolute Gasteiger partial charge is 0.286 e. The van der Waals surface area contributed by atoms with Gasteiger partial charge in [-0.05, 0) is 36.8 Å². The van der Waals surface area contributed by atoms with Crippen molar-refractivity contribution in [3.05, 3.63) is 107 Å². The first-order valence-corrected chi connectivity index (χ1v) is 12.1. The van der Waals surface area contributed by atoms with E-state index in [1.807, 2.05) is 84.5 Å². The van der Waals surface area contributed by atoms with Crippen LogP contribution in [0.25, 0.3) is 21.8 Å². The van der Waals surface area contributed by atoms with Gasteiger partial charge < -0.3 is 14.5 Å². The summed E-state index contributed by atoms with van der Waals surface area (Å²) >= 11 is 0. The van der Waals surface area contributed by atoms with Crippen molar-refractivity contribution in [2.45, 2.75) is 19.0 Å². The molecule has 5 aromatic rings. The molecular weight excluding hydrogens is 466 g/mol. The van der Waals surface area contributed by atoms with Gasteiger partial charge in [-0.1, -0.05) is 54.6 Å². The predicted molar refractivity (Wildman–Crippen MR) is 141 cm³/mol. The molecule has 37 heavy (non-hydrogen) atoms. The Morgan fingerprint density at radius 2 is 1.65 bits per heavy atom. The van der Waals surface area contributed by atoms with E-state index in [0.29, 0.717) is 11.3 Å². The third-order valence-electron chi connectivity index (χ3n) is 7.09. The molecule has 0 saturated heterocycles. The van der Waals surface area contributed by atoms with Crippen molar-refractivity contribution in [1.29, 1.82) is 0 Å². The van der Waals surface area contributed by atoms with Gasteiger partial charge in [-0.2, -0.15) is 0 Å². The lowest BCUT2D eigenvalue weighted by molar-refractivity contribution is -0.126. The van der Waals surface area contributed by atoms with E-state index in [4.69, 9.17) is 0 Å². The number of carbonyl (C=O) groups is 3. The highest BCUT2D eigenvalue weighted by molar-refractivity contribution is 6.04. The minimum absolute atomic E-state index is 0.224. The summed E-state index contributed by atoms with van der Waals surface area (Å²) in [6.45, 7) is 1.67. The molecule has 0 saturated carbocycles. The van der Waals surface area contributed by atoms with Crippen LogP contribution in [0.2, 0.25) is 0 Å². The van der Waals surface area contributed by atoms with Gasteiger partial charge in [0.15, 0.2) is 0 Å². The Morgan fingerprint density at radius 3 is 2.49 bits per heavy atom. The van der Waals surface area contributed by atoms with Crippen LogP contribution in [0.3, 0.4) is 0 Å². The fourth-order valence-electron chi connectivity index (χ4n) is 5.26. The molecule has 3 aromatic carbocycles. The van der Waals surface area contributed by atoms with Crippen LogP contribution >= 0.6 is 0 Å². The summed E-state index contributed by atoms with van der Waals surface area (Å²) in [5.41, 5.74) is 9.54. The van der Waals surface area contributed by atoms with Gasteiger partial charge in [0.1, 0.15) is 11.7 Å². The molecule has 2 atom stereocenters. The Morgan fingerprint density at radius 1 is 0.919 bits per heavy atom. The summed E-state index contributed by atoms with van der Waals surface area (Å²) in [7, 11) is 1.97. The standard InChI is InChI=1S/C29H25N5O3/c1-17(27(35)31-32-28(36)24-15-18-9-3-7-13-23(18)30-24)34-26(20-11-4-5-12-21(20)29(34)37)22-16-33(2)25-14-8-6-10-19(22)25/h3-17,26,30H,1-2H3,(H,31,35)(H,32,36). The lowest BCUT2D eigenvalue weighted by Crippen LogP contribution is -2.52. The second-order valence-corrected chi connectivity index (χ2v) is 9.30. The van der Waals surface area contributed by atoms with Gasteiger partial charge in [-0.25, -0.2) is 0 Å². The number of aryl methyl sites for hydroxylation is 1. The third-order valence-corrected chi connectivity index (χ3v) is 7.09. The summed E-state index contributed by atoms with van der Waals surface area (Å²) in [5.74, 6) is -1.19. The zero-order chi connectivity index (χ0) is 25.7. The molecule has 3 N–H and O–H groups in total. The molecule has 0 spiro atoms. The van der Waals surface area contributed by atoms with Crippen molar-refractivity contribution >= 4 is 39.5 Å². The Balaban J connectivity index is 1.29. The zero-order valence-electron chi connectivity index (χ0n) is 20.4. The number of nitrogens with one attached hydrogen (secondary N) is 3. The molecule has 8 nitrogen and oxygen atoms in total. The van der Waals surface area contributed by atoms with Crippen LogP contribution in [0.1, 0.15) is 44.9 Å². The number of hydrogen-bond donors (Lipinski definition) is 3. The third kappa shape index (κ3) is 3.65. The average Bonchev–Trinajstić information content (AvgIpc) is 3.59. The van der Waals surface area contributed by atoms with E-state index in [1.165, 1.54) is 0 Å². The number of para-hydroxylation sites is 2. The second-order valence-electron chi connectivity index (χ2n) is 9.30. The monoisotopic (exact) mass is 491 g/mol. The number of fused-ring (bicyclic) bond motifs is 3. The molecule has 2 unspecified atom stereocenters. The fraction of sp³-hybridized carbons (Fsp3) is 0.138. The fourth-order valence-corrected chi connectivity index (χ4v) is 5.26. The van der Waals surface area contributed by atoms with Crippen LogP contribution in [-0.4, -0.2) is 38.2 Å². The second kappa shape index (κ2) is 8.67. The van der Waals surface area contributed by atoms with E-state index >= 15 is 0 Å². The highest BCUT2D eigenvalue weighted by Gasteiger charge is 2.43.